The summed E-state index contributed by atoms with van der Waals surface area (Å²) in [6, 6.07) is 0.825. The minimum absolute atomic E-state index is 0.166. The molecular formula is C19H17F4N3O4. The van der Waals surface area contributed by atoms with E-state index in [0.717, 1.165) is 12.3 Å². The average molecular weight is 427 g/mol. The molecule has 1 saturated heterocycles. The Kier molecular flexibility index (Phi) is 4.82. The quantitative estimate of drug-likeness (QED) is 0.612. The van der Waals surface area contributed by atoms with Gasteiger partial charge in [-0.2, -0.15) is 8.78 Å². The maximum atomic E-state index is 15.2. The largest absolute Gasteiger partial charge is 0.477 e. The molecule has 1 aliphatic heterocycles. The van der Waals surface area contributed by atoms with Gasteiger partial charge in [0.15, 0.2) is 5.75 Å². The van der Waals surface area contributed by atoms with E-state index in [9.17, 15) is 22.8 Å². The first-order valence-corrected chi connectivity index (χ1v) is 9.07. The number of ether oxygens (including phenoxy) is 1. The zero-order valence-electron chi connectivity index (χ0n) is 15.5. The number of H-pyrrole nitrogens is 1. The predicted octanol–water partition coefficient (Wildman–Crippen LogP) is 2.45. The molecule has 2 heterocycles. The molecule has 4 rings (SSSR count). The van der Waals surface area contributed by atoms with E-state index in [1.54, 1.807) is 4.90 Å². The molecule has 160 valence electrons. The minimum Gasteiger partial charge on any atom is -0.477 e. The van der Waals surface area contributed by atoms with Gasteiger partial charge in [-0.1, -0.05) is 0 Å². The number of fused-ring (bicyclic) bond motifs is 1. The number of hydrogen-bond donors (Lipinski definition) is 3. The van der Waals surface area contributed by atoms with Crippen molar-refractivity contribution in [3.05, 3.63) is 50.8 Å². The summed E-state index contributed by atoms with van der Waals surface area (Å²) < 4.78 is 59.8. The fourth-order valence-electron chi connectivity index (χ4n) is 3.98. The van der Waals surface area contributed by atoms with Gasteiger partial charge in [-0.05, 0) is 24.5 Å². The maximum absolute atomic E-state index is 15.2. The van der Waals surface area contributed by atoms with Crippen LogP contribution in [-0.2, 0) is 5.54 Å². The highest BCUT2D eigenvalue weighted by atomic mass is 19.3. The lowest BCUT2D eigenvalue weighted by atomic mass is 9.93. The van der Waals surface area contributed by atoms with Gasteiger partial charge in [0.05, 0.1) is 22.0 Å². The van der Waals surface area contributed by atoms with Crippen molar-refractivity contribution in [3.8, 4) is 5.75 Å². The van der Waals surface area contributed by atoms with E-state index < -0.39 is 51.9 Å². The topological polar surface area (TPSA) is 109 Å². The summed E-state index contributed by atoms with van der Waals surface area (Å²) in [7, 11) is 0. The molecule has 0 unspecified atom stereocenters. The molecule has 30 heavy (non-hydrogen) atoms. The number of nitrogens with one attached hydrogen (secondary N) is 1. The van der Waals surface area contributed by atoms with Crippen LogP contribution in [0.15, 0.2) is 28.5 Å². The Morgan fingerprint density at radius 1 is 1.37 bits per heavy atom. The number of pyridine rings is 1. The number of carbonyl (C=O) groups is 1. The number of nitrogens with zero attached hydrogens (tertiary/aromatic N) is 1. The molecule has 2 fully saturated rings. The highest BCUT2D eigenvalue weighted by Gasteiger charge is 2.56. The van der Waals surface area contributed by atoms with Crippen LogP contribution in [0.25, 0.3) is 10.9 Å². The van der Waals surface area contributed by atoms with E-state index in [4.69, 9.17) is 10.8 Å². The van der Waals surface area contributed by atoms with Crippen LogP contribution < -0.4 is 15.9 Å². The minimum atomic E-state index is -3.31. The van der Waals surface area contributed by atoms with Gasteiger partial charge in [-0.15, -0.1) is 0 Å². The summed E-state index contributed by atoms with van der Waals surface area (Å²) in [6.07, 6.45) is 1.70. The van der Waals surface area contributed by atoms with E-state index in [-0.39, 0.29) is 30.7 Å². The van der Waals surface area contributed by atoms with Crippen LogP contribution in [-0.4, -0.2) is 47.2 Å². The van der Waals surface area contributed by atoms with Gasteiger partial charge in [-0.3, -0.25) is 9.69 Å². The van der Waals surface area contributed by atoms with Crippen LogP contribution in [0.5, 0.6) is 5.75 Å². The van der Waals surface area contributed by atoms with E-state index >= 15 is 4.39 Å². The molecule has 1 saturated carbocycles. The van der Waals surface area contributed by atoms with Crippen molar-refractivity contribution in [3.63, 3.8) is 0 Å². The van der Waals surface area contributed by atoms with Crippen LogP contribution in [0.2, 0.25) is 0 Å². The molecule has 4 N–H and O–H groups in total. The lowest BCUT2D eigenvalue weighted by molar-refractivity contribution is -0.0508. The summed E-state index contributed by atoms with van der Waals surface area (Å²) in [5, 5.41) is 8.67. The number of carboxylic acid groups (broad SMARTS) is 1. The average Bonchev–Trinajstić information content (AvgIpc) is 3.41. The number of benzene rings is 1. The van der Waals surface area contributed by atoms with Crippen molar-refractivity contribution in [2.75, 3.05) is 19.6 Å². The third-order valence-electron chi connectivity index (χ3n) is 5.64. The number of carboxylic acids is 1. The van der Waals surface area contributed by atoms with Crippen molar-refractivity contribution >= 4 is 16.9 Å². The Morgan fingerprint density at radius 3 is 2.57 bits per heavy atom. The number of aromatic amines is 1. The van der Waals surface area contributed by atoms with Gasteiger partial charge in [-0.25, -0.2) is 13.6 Å². The monoisotopic (exact) mass is 427 g/mol. The van der Waals surface area contributed by atoms with E-state index in [2.05, 4.69) is 9.72 Å². The third-order valence-corrected chi connectivity index (χ3v) is 5.64. The molecular weight excluding hydrogens is 410 g/mol. The zero-order chi connectivity index (χ0) is 21.8. The van der Waals surface area contributed by atoms with E-state index in [0.29, 0.717) is 18.4 Å². The molecule has 0 amide bonds. The van der Waals surface area contributed by atoms with Gasteiger partial charge >= 0.3 is 12.6 Å². The summed E-state index contributed by atoms with van der Waals surface area (Å²) in [4.78, 5) is 27.8. The van der Waals surface area contributed by atoms with E-state index in [1.165, 1.54) is 0 Å². The van der Waals surface area contributed by atoms with Crippen molar-refractivity contribution < 1.29 is 32.2 Å². The van der Waals surface area contributed by atoms with Gasteiger partial charge < -0.3 is 20.6 Å². The molecule has 7 nitrogen and oxygen atoms in total. The Hall–Kier alpha value is -2.92. The number of hydrogen-bond acceptors (Lipinski definition) is 5. The normalized spacial score (nSPS) is 17.9. The van der Waals surface area contributed by atoms with Crippen molar-refractivity contribution in [1.82, 2.24) is 9.88 Å². The molecule has 1 aliphatic carbocycles. The zero-order valence-corrected chi connectivity index (χ0v) is 15.5. The van der Waals surface area contributed by atoms with Gasteiger partial charge in [0, 0.05) is 25.8 Å². The van der Waals surface area contributed by atoms with Crippen molar-refractivity contribution in [1.29, 1.82) is 0 Å². The first-order valence-electron chi connectivity index (χ1n) is 9.07. The molecule has 0 bridgehead atoms. The van der Waals surface area contributed by atoms with Crippen LogP contribution in [0.1, 0.15) is 28.8 Å². The third kappa shape index (κ3) is 3.05. The Bertz CT molecular complexity index is 1130. The molecule has 2 aliphatic rings. The van der Waals surface area contributed by atoms with E-state index in [1.807, 2.05) is 0 Å². The second kappa shape index (κ2) is 7.10. The Morgan fingerprint density at radius 2 is 2.03 bits per heavy atom. The lowest BCUT2D eigenvalue weighted by Gasteiger charge is -2.42. The first kappa shape index (κ1) is 20.4. The Balaban J connectivity index is 1.88. The standard InChI is InChI=1S/C19H17F4N3O4/c20-11-3-9-14(25-5-10(15(9)27)17(28)29)16(30-18(22)23)13(11)19(1-2-19)26-6-8(7-26)12(21)4-24/h3,5,18H,1-2,4,6-7,24H2,(H,25,27)(H,28,29). The number of alkyl halides is 2. The van der Waals surface area contributed by atoms with Crippen LogP contribution in [0.4, 0.5) is 17.6 Å². The summed E-state index contributed by atoms with van der Waals surface area (Å²) in [5.74, 6) is -3.53. The van der Waals surface area contributed by atoms with Gasteiger partial charge in [0.1, 0.15) is 17.2 Å². The molecule has 0 spiro atoms. The number of likely N-dealkylation sites (tertiary alicyclic amines) is 1. The number of halogens is 4. The Labute approximate surface area is 166 Å². The van der Waals surface area contributed by atoms with Crippen LogP contribution in [0.3, 0.4) is 0 Å². The molecule has 0 atom stereocenters. The van der Waals surface area contributed by atoms with Crippen molar-refractivity contribution in [2.24, 2.45) is 5.73 Å². The number of aromatic nitrogens is 1. The number of nitrogens with two attached hydrogens (primary N) is 1. The summed E-state index contributed by atoms with van der Waals surface area (Å²) in [5.41, 5.74) is 2.69. The second-order valence-electron chi connectivity index (χ2n) is 7.30. The smallest absolute Gasteiger partial charge is 0.387 e. The highest BCUT2D eigenvalue weighted by molar-refractivity contribution is 5.94. The van der Waals surface area contributed by atoms with Gasteiger partial charge in [0.25, 0.3) is 0 Å². The molecule has 0 radical (unpaired) electrons. The second-order valence-corrected chi connectivity index (χ2v) is 7.30. The first-order chi connectivity index (χ1) is 14.2. The molecule has 1 aromatic carbocycles. The van der Waals surface area contributed by atoms with Crippen LogP contribution in [0, 0.1) is 5.82 Å². The highest BCUT2D eigenvalue weighted by Crippen LogP contribution is 2.57. The molecule has 11 heteroatoms. The number of rotatable bonds is 6. The van der Waals surface area contributed by atoms with Gasteiger partial charge in [0.2, 0.25) is 5.43 Å². The summed E-state index contributed by atoms with van der Waals surface area (Å²) in [6.45, 7) is -3.23. The SMILES string of the molecule is NCC(F)=C1CN(C2(c3c(F)cc4c(=O)c(C(=O)O)c[nH]c4c3OC(F)F)CC2)C1. The fourth-order valence-corrected chi connectivity index (χ4v) is 3.98. The van der Waals surface area contributed by atoms with Crippen LogP contribution >= 0.6 is 0 Å². The summed E-state index contributed by atoms with van der Waals surface area (Å²) >= 11 is 0. The number of aromatic carboxylic acids is 1. The molecule has 2 aromatic rings. The maximum Gasteiger partial charge on any atom is 0.387 e. The van der Waals surface area contributed by atoms with Crippen molar-refractivity contribution in [2.45, 2.75) is 25.0 Å². The predicted molar refractivity (Wildman–Crippen MR) is 97.8 cm³/mol. The fraction of sp³-hybridized carbons (Fsp3) is 0.368. The molecule has 1 aromatic heterocycles. The lowest BCUT2D eigenvalue weighted by Crippen LogP contribution is -2.48.